The van der Waals surface area contributed by atoms with Crippen LogP contribution in [0.3, 0.4) is 0 Å². The van der Waals surface area contributed by atoms with Gasteiger partial charge in [-0.3, -0.25) is 14.4 Å². The van der Waals surface area contributed by atoms with Gasteiger partial charge in [-0.1, -0.05) is 12.1 Å². The monoisotopic (exact) mass is 384 g/mol. The van der Waals surface area contributed by atoms with Gasteiger partial charge in [0.05, 0.1) is 23.4 Å². The van der Waals surface area contributed by atoms with Crippen LogP contribution in [0, 0.1) is 11.8 Å². The number of hydrogen-bond acceptors (Lipinski definition) is 3. The van der Waals surface area contributed by atoms with Gasteiger partial charge in [-0.25, -0.2) is 0 Å². The van der Waals surface area contributed by atoms with E-state index in [2.05, 4.69) is 0 Å². The third-order valence-electron chi connectivity index (χ3n) is 5.33. The highest BCUT2D eigenvalue weighted by Gasteiger charge is 2.46. The Labute approximate surface area is 153 Å². The first kappa shape index (κ1) is 19.2. The van der Waals surface area contributed by atoms with Crippen molar-refractivity contribution in [1.82, 2.24) is 9.80 Å². The van der Waals surface area contributed by atoms with Crippen LogP contribution in [0.4, 0.5) is 13.2 Å². The Bertz CT molecular complexity index is 763. The lowest BCUT2D eigenvalue weighted by atomic mass is 9.92. The minimum absolute atomic E-state index is 0.0464. The Kier molecular flexibility index (Phi) is 4.88. The number of halogens is 3. The lowest BCUT2D eigenvalue weighted by Gasteiger charge is -2.28. The summed E-state index contributed by atoms with van der Waals surface area (Å²) >= 11 is 0. The molecule has 2 aliphatic heterocycles. The number of carboxylic acid groups (broad SMARTS) is 1. The molecule has 146 valence electrons. The first-order chi connectivity index (χ1) is 12.6. The molecule has 0 unspecified atom stereocenters. The van der Waals surface area contributed by atoms with Crippen LogP contribution in [0.5, 0.6) is 0 Å². The Balaban J connectivity index is 1.83. The van der Waals surface area contributed by atoms with Crippen molar-refractivity contribution in [3.05, 3.63) is 35.4 Å². The van der Waals surface area contributed by atoms with Gasteiger partial charge in [0.2, 0.25) is 11.8 Å². The summed E-state index contributed by atoms with van der Waals surface area (Å²) in [5.41, 5.74) is -0.353. The normalized spacial score (nSPS) is 25.9. The molecule has 0 aromatic heterocycles. The van der Waals surface area contributed by atoms with Crippen LogP contribution >= 0.6 is 0 Å². The van der Waals surface area contributed by atoms with Gasteiger partial charge >= 0.3 is 12.1 Å². The lowest BCUT2D eigenvalue weighted by Crippen LogP contribution is -2.37. The van der Waals surface area contributed by atoms with E-state index in [1.54, 1.807) is 0 Å². The number of amides is 2. The van der Waals surface area contributed by atoms with E-state index in [-0.39, 0.29) is 24.8 Å². The zero-order chi connectivity index (χ0) is 19.9. The number of carbonyl (C=O) groups excluding carboxylic acids is 2. The van der Waals surface area contributed by atoms with Gasteiger partial charge in [-0.2, -0.15) is 13.2 Å². The van der Waals surface area contributed by atoms with Gasteiger partial charge in [0, 0.05) is 26.6 Å². The summed E-state index contributed by atoms with van der Waals surface area (Å²) in [6.45, 7) is 0.381. The Morgan fingerprint density at radius 2 is 1.81 bits per heavy atom. The number of likely N-dealkylation sites (tertiary alicyclic amines) is 2. The molecule has 9 heteroatoms. The molecule has 1 aromatic rings. The third kappa shape index (κ3) is 3.63. The largest absolute Gasteiger partial charge is 0.481 e. The van der Waals surface area contributed by atoms with Crippen LogP contribution < -0.4 is 0 Å². The van der Waals surface area contributed by atoms with Gasteiger partial charge in [0.1, 0.15) is 0 Å². The fourth-order valence-electron chi connectivity index (χ4n) is 3.81. The number of carbonyl (C=O) groups is 3. The predicted octanol–water partition coefficient (Wildman–Crippen LogP) is 2.16. The highest BCUT2D eigenvalue weighted by Crippen LogP contribution is 2.40. The number of benzene rings is 1. The first-order valence-corrected chi connectivity index (χ1v) is 8.54. The molecule has 3 rings (SSSR count). The zero-order valence-corrected chi connectivity index (χ0v) is 14.6. The van der Waals surface area contributed by atoms with E-state index in [4.69, 9.17) is 5.11 Å². The van der Waals surface area contributed by atoms with E-state index in [0.29, 0.717) is 18.5 Å². The molecule has 2 heterocycles. The minimum atomic E-state index is -4.47. The van der Waals surface area contributed by atoms with Crippen molar-refractivity contribution in [1.29, 1.82) is 0 Å². The second-order valence-electron chi connectivity index (χ2n) is 6.99. The molecule has 1 aromatic carbocycles. The zero-order valence-electron chi connectivity index (χ0n) is 14.6. The number of alkyl halides is 3. The molecular weight excluding hydrogens is 365 g/mol. The molecule has 2 amide bonds. The molecule has 1 N–H and O–H groups in total. The maximum absolute atomic E-state index is 12.9. The van der Waals surface area contributed by atoms with Crippen LogP contribution in [-0.4, -0.2) is 52.8 Å². The summed E-state index contributed by atoms with van der Waals surface area (Å²) in [7, 11) is 1.52. The quantitative estimate of drug-likeness (QED) is 0.866. The molecule has 2 fully saturated rings. The molecule has 6 nitrogen and oxygen atoms in total. The summed E-state index contributed by atoms with van der Waals surface area (Å²) in [4.78, 5) is 39.0. The highest BCUT2D eigenvalue weighted by atomic mass is 19.4. The maximum Gasteiger partial charge on any atom is 0.416 e. The predicted molar refractivity (Wildman–Crippen MR) is 87.4 cm³/mol. The van der Waals surface area contributed by atoms with E-state index in [1.807, 2.05) is 0 Å². The van der Waals surface area contributed by atoms with Crippen molar-refractivity contribution < 1.29 is 32.7 Å². The van der Waals surface area contributed by atoms with Crippen LogP contribution in [0.15, 0.2) is 24.3 Å². The van der Waals surface area contributed by atoms with Gasteiger partial charge in [-0.05, 0) is 24.1 Å². The standard InChI is InChI=1S/C18H19F3N2O4/c1-22-14(24)8-13(16(25)23-7-6-11(9-23)17(26)27)15(22)10-2-4-12(5-3-10)18(19,20)21/h2-5,11,13,15H,6-9H2,1H3,(H,26,27)/t11-,13+,15-/m1/s1. The van der Waals surface area contributed by atoms with Crippen molar-refractivity contribution in [2.45, 2.75) is 25.1 Å². The molecule has 2 saturated heterocycles. The summed E-state index contributed by atoms with van der Waals surface area (Å²) in [5, 5.41) is 9.09. The number of aliphatic carboxylic acids is 1. The van der Waals surface area contributed by atoms with Crippen molar-refractivity contribution in [3.63, 3.8) is 0 Å². The average molecular weight is 384 g/mol. The topological polar surface area (TPSA) is 77.9 Å². The molecule has 0 spiro atoms. The molecule has 2 aliphatic rings. The van der Waals surface area contributed by atoms with Crippen molar-refractivity contribution >= 4 is 17.8 Å². The van der Waals surface area contributed by atoms with Gasteiger partial charge < -0.3 is 14.9 Å². The second kappa shape index (κ2) is 6.86. The number of rotatable bonds is 3. The number of carboxylic acids is 1. The first-order valence-electron chi connectivity index (χ1n) is 8.54. The minimum Gasteiger partial charge on any atom is -0.481 e. The van der Waals surface area contributed by atoms with Crippen LogP contribution in [0.1, 0.15) is 30.0 Å². The third-order valence-corrected chi connectivity index (χ3v) is 5.33. The van der Waals surface area contributed by atoms with E-state index in [1.165, 1.54) is 29.0 Å². The summed E-state index contributed by atoms with van der Waals surface area (Å²) in [6.07, 6.45) is -4.16. The van der Waals surface area contributed by atoms with Crippen molar-refractivity contribution in [3.8, 4) is 0 Å². The molecule has 0 bridgehead atoms. The molecule has 3 atom stereocenters. The highest BCUT2D eigenvalue weighted by molar-refractivity contribution is 5.90. The van der Waals surface area contributed by atoms with E-state index in [0.717, 1.165) is 12.1 Å². The van der Waals surface area contributed by atoms with Crippen LogP contribution in [0.25, 0.3) is 0 Å². The van der Waals surface area contributed by atoms with Crippen molar-refractivity contribution in [2.75, 3.05) is 20.1 Å². The number of hydrogen-bond donors (Lipinski definition) is 1. The smallest absolute Gasteiger partial charge is 0.416 e. The molecule has 0 saturated carbocycles. The fraction of sp³-hybridized carbons (Fsp3) is 0.500. The molecule has 0 aliphatic carbocycles. The van der Waals surface area contributed by atoms with Gasteiger partial charge in [0.25, 0.3) is 0 Å². The van der Waals surface area contributed by atoms with E-state index >= 15 is 0 Å². The molecular formula is C18H19F3N2O4. The van der Waals surface area contributed by atoms with Gasteiger partial charge in [-0.15, -0.1) is 0 Å². The summed E-state index contributed by atoms with van der Waals surface area (Å²) in [6, 6.07) is 3.77. The van der Waals surface area contributed by atoms with Crippen LogP contribution in [0.2, 0.25) is 0 Å². The SMILES string of the molecule is CN1C(=O)C[C@H](C(=O)N2CC[C@@H](C(=O)O)C2)[C@H]1c1ccc(C(F)(F)F)cc1. The lowest BCUT2D eigenvalue weighted by molar-refractivity contribution is -0.142. The average Bonchev–Trinajstić information content (AvgIpc) is 3.20. The second-order valence-corrected chi connectivity index (χ2v) is 6.99. The van der Waals surface area contributed by atoms with Gasteiger partial charge in [0.15, 0.2) is 0 Å². The number of nitrogens with zero attached hydrogens (tertiary/aromatic N) is 2. The van der Waals surface area contributed by atoms with Crippen LogP contribution in [-0.2, 0) is 20.6 Å². The Hall–Kier alpha value is -2.58. The van der Waals surface area contributed by atoms with E-state index in [9.17, 15) is 27.6 Å². The maximum atomic E-state index is 12.9. The Morgan fingerprint density at radius 1 is 1.19 bits per heavy atom. The Morgan fingerprint density at radius 3 is 2.33 bits per heavy atom. The molecule has 27 heavy (non-hydrogen) atoms. The molecule has 0 radical (unpaired) electrons. The van der Waals surface area contributed by atoms with E-state index < -0.39 is 35.6 Å². The fourth-order valence-corrected chi connectivity index (χ4v) is 3.81. The van der Waals surface area contributed by atoms with Crippen molar-refractivity contribution in [2.24, 2.45) is 11.8 Å². The summed E-state index contributed by atoms with van der Waals surface area (Å²) in [5.74, 6) is -2.95. The summed E-state index contributed by atoms with van der Waals surface area (Å²) < 4.78 is 38.3.